The molecule has 1 heterocycles. The number of ether oxygens (including phenoxy) is 1. The van der Waals surface area contributed by atoms with Gasteiger partial charge in [-0.2, -0.15) is 0 Å². The lowest BCUT2D eigenvalue weighted by Gasteiger charge is -2.04. The minimum atomic E-state index is 0.860. The van der Waals surface area contributed by atoms with Gasteiger partial charge in [-0.3, -0.25) is 0 Å². The number of nitrogens with one attached hydrogen (secondary N) is 1. The second-order valence-corrected chi connectivity index (χ2v) is 3.63. The first-order chi connectivity index (χ1) is 7.43. The monoisotopic (exact) mass is 211 g/mol. The molecule has 0 aromatic carbocycles. The standard InChI is InChI=1S/C12H21NO2/c1-2-3-7-14-8-4-6-13-10-12-5-9-15-11-12/h5,9,11,13H,2-4,6-8,10H2,1H3. The summed E-state index contributed by atoms with van der Waals surface area (Å²) in [6.07, 6.45) is 6.92. The Balaban J connectivity index is 1.81. The summed E-state index contributed by atoms with van der Waals surface area (Å²) in [4.78, 5) is 0. The highest BCUT2D eigenvalue weighted by Crippen LogP contribution is 1.98. The van der Waals surface area contributed by atoms with Gasteiger partial charge in [0, 0.05) is 25.3 Å². The van der Waals surface area contributed by atoms with E-state index in [1.165, 1.54) is 18.4 Å². The molecule has 0 aliphatic heterocycles. The van der Waals surface area contributed by atoms with E-state index in [1.807, 2.05) is 6.07 Å². The van der Waals surface area contributed by atoms with Crippen LogP contribution in [0.2, 0.25) is 0 Å². The summed E-state index contributed by atoms with van der Waals surface area (Å²) in [7, 11) is 0. The highest BCUT2D eigenvalue weighted by molar-refractivity contribution is 5.04. The Morgan fingerprint density at radius 1 is 1.33 bits per heavy atom. The molecule has 0 radical (unpaired) electrons. The molecule has 86 valence electrons. The van der Waals surface area contributed by atoms with E-state index in [0.29, 0.717) is 0 Å². The third-order valence-corrected chi connectivity index (χ3v) is 2.19. The predicted octanol–water partition coefficient (Wildman–Crippen LogP) is 2.58. The third-order valence-electron chi connectivity index (χ3n) is 2.19. The number of rotatable bonds is 9. The molecule has 0 saturated heterocycles. The Kier molecular flexibility index (Phi) is 6.96. The molecule has 0 spiro atoms. The second-order valence-electron chi connectivity index (χ2n) is 3.63. The van der Waals surface area contributed by atoms with Crippen molar-refractivity contribution in [2.45, 2.75) is 32.7 Å². The van der Waals surface area contributed by atoms with E-state index in [-0.39, 0.29) is 0 Å². The fraction of sp³-hybridized carbons (Fsp3) is 0.667. The van der Waals surface area contributed by atoms with Gasteiger partial charge in [0.15, 0.2) is 0 Å². The number of hydrogen-bond acceptors (Lipinski definition) is 3. The Morgan fingerprint density at radius 3 is 2.93 bits per heavy atom. The smallest absolute Gasteiger partial charge is 0.0947 e. The van der Waals surface area contributed by atoms with Crippen molar-refractivity contribution < 1.29 is 9.15 Å². The molecule has 0 bridgehead atoms. The van der Waals surface area contributed by atoms with Crippen molar-refractivity contribution in [1.82, 2.24) is 5.32 Å². The summed E-state index contributed by atoms with van der Waals surface area (Å²) in [5.74, 6) is 0. The Hall–Kier alpha value is -0.800. The van der Waals surface area contributed by atoms with Gasteiger partial charge in [-0.05, 0) is 25.5 Å². The van der Waals surface area contributed by atoms with Crippen LogP contribution in [0.3, 0.4) is 0 Å². The van der Waals surface area contributed by atoms with E-state index in [9.17, 15) is 0 Å². The van der Waals surface area contributed by atoms with Crippen LogP contribution in [0.15, 0.2) is 23.0 Å². The fourth-order valence-electron chi connectivity index (χ4n) is 1.27. The van der Waals surface area contributed by atoms with Crippen LogP contribution in [-0.4, -0.2) is 19.8 Å². The summed E-state index contributed by atoms with van der Waals surface area (Å²) >= 11 is 0. The quantitative estimate of drug-likeness (QED) is 0.637. The number of unbranched alkanes of at least 4 members (excludes halogenated alkanes) is 1. The van der Waals surface area contributed by atoms with Crippen molar-refractivity contribution in [2.24, 2.45) is 0 Å². The molecule has 3 heteroatoms. The summed E-state index contributed by atoms with van der Waals surface area (Å²) < 4.78 is 10.4. The van der Waals surface area contributed by atoms with Crippen LogP contribution in [0.1, 0.15) is 31.7 Å². The minimum absolute atomic E-state index is 0.860. The van der Waals surface area contributed by atoms with E-state index in [1.54, 1.807) is 12.5 Å². The molecule has 0 aliphatic carbocycles. The average Bonchev–Trinajstić information content (AvgIpc) is 2.75. The highest BCUT2D eigenvalue weighted by atomic mass is 16.5. The first-order valence-electron chi connectivity index (χ1n) is 5.73. The topological polar surface area (TPSA) is 34.4 Å². The fourth-order valence-corrected chi connectivity index (χ4v) is 1.27. The van der Waals surface area contributed by atoms with Gasteiger partial charge >= 0.3 is 0 Å². The molecule has 0 saturated carbocycles. The second kappa shape index (κ2) is 8.50. The van der Waals surface area contributed by atoms with E-state index < -0.39 is 0 Å². The average molecular weight is 211 g/mol. The normalized spacial score (nSPS) is 10.7. The molecule has 15 heavy (non-hydrogen) atoms. The van der Waals surface area contributed by atoms with Gasteiger partial charge in [-0.25, -0.2) is 0 Å². The van der Waals surface area contributed by atoms with Gasteiger partial charge < -0.3 is 14.5 Å². The van der Waals surface area contributed by atoms with Crippen LogP contribution in [0, 0.1) is 0 Å². The van der Waals surface area contributed by atoms with Crippen molar-refractivity contribution >= 4 is 0 Å². The van der Waals surface area contributed by atoms with Crippen molar-refractivity contribution in [3.63, 3.8) is 0 Å². The van der Waals surface area contributed by atoms with E-state index >= 15 is 0 Å². The highest BCUT2D eigenvalue weighted by Gasteiger charge is 1.93. The summed E-state index contributed by atoms with van der Waals surface area (Å²) in [5, 5.41) is 3.34. The largest absolute Gasteiger partial charge is 0.472 e. The molecule has 0 fully saturated rings. The SMILES string of the molecule is CCCCOCCCNCc1ccoc1. The van der Waals surface area contributed by atoms with Gasteiger partial charge in [0.2, 0.25) is 0 Å². The Labute approximate surface area is 91.8 Å². The molecular formula is C12H21NO2. The zero-order valence-electron chi connectivity index (χ0n) is 9.50. The van der Waals surface area contributed by atoms with E-state index in [4.69, 9.17) is 9.15 Å². The predicted molar refractivity (Wildman–Crippen MR) is 60.8 cm³/mol. The summed E-state index contributed by atoms with van der Waals surface area (Å²) in [6, 6.07) is 1.98. The zero-order chi connectivity index (χ0) is 10.8. The first-order valence-corrected chi connectivity index (χ1v) is 5.73. The summed E-state index contributed by atoms with van der Waals surface area (Å²) in [5.41, 5.74) is 1.20. The maximum absolute atomic E-state index is 5.45. The molecule has 3 nitrogen and oxygen atoms in total. The van der Waals surface area contributed by atoms with Crippen LogP contribution in [0.25, 0.3) is 0 Å². The van der Waals surface area contributed by atoms with Crippen molar-refractivity contribution in [3.8, 4) is 0 Å². The third kappa shape index (κ3) is 6.31. The molecule has 1 aromatic rings. The number of hydrogen-bond donors (Lipinski definition) is 1. The van der Waals surface area contributed by atoms with Crippen molar-refractivity contribution in [1.29, 1.82) is 0 Å². The molecule has 0 aliphatic rings. The molecule has 0 unspecified atom stereocenters. The Bertz CT molecular complexity index is 222. The zero-order valence-corrected chi connectivity index (χ0v) is 9.50. The van der Waals surface area contributed by atoms with Crippen molar-refractivity contribution in [2.75, 3.05) is 19.8 Å². The van der Waals surface area contributed by atoms with Crippen LogP contribution < -0.4 is 5.32 Å². The molecular weight excluding hydrogens is 190 g/mol. The molecule has 1 rings (SSSR count). The van der Waals surface area contributed by atoms with Crippen molar-refractivity contribution in [3.05, 3.63) is 24.2 Å². The molecule has 0 atom stereocenters. The maximum atomic E-state index is 5.45. The lowest BCUT2D eigenvalue weighted by atomic mass is 10.3. The van der Waals surface area contributed by atoms with Gasteiger partial charge in [0.1, 0.15) is 0 Å². The van der Waals surface area contributed by atoms with Crippen LogP contribution in [0.5, 0.6) is 0 Å². The van der Waals surface area contributed by atoms with E-state index in [2.05, 4.69) is 12.2 Å². The first kappa shape index (κ1) is 12.3. The summed E-state index contributed by atoms with van der Waals surface area (Å²) in [6.45, 7) is 5.81. The maximum Gasteiger partial charge on any atom is 0.0947 e. The molecule has 0 amide bonds. The van der Waals surface area contributed by atoms with Crippen LogP contribution in [-0.2, 0) is 11.3 Å². The molecule has 1 aromatic heterocycles. The van der Waals surface area contributed by atoms with Gasteiger partial charge in [-0.15, -0.1) is 0 Å². The minimum Gasteiger partial charge on any atom is -0.472 e. The lowest BCUT2D eigenvalue weighted by Crippen LogP contribution is -2.16. The van der Waals surface area contributed by atoms with Gasteiger partial charge in [0.25, 0.3) is 0 Å². The van der Waals surface area contributed by atoms with E-state index in [0.717, 1.165) is 32.7 Å². The van der Waals surface area contributed by atoms with Gasteiger partial charge in [0.05, 0.1) is 12.5 Å². The number of furan rings is 1. The molecule has 1 N–H and O–H groups in total. The van der Waals surface area contributed by atoms with Gasteiger partial charge in [-0.1, -0.05) is 13.3 Å². The lowest BCUT2D eigenvalue weighted by molar-refractivity contribution is 0.129. The Morgan fingerprint density at radius 2 is 2.20 bits per heavy atom. The van der Waals surface area contributed by atoms with Crippen LogP contribution >= 0.6 is 0 Å². The van der Waals surface area contributed by atoms with Crippen LogP contribution in [0.4, 0.5) is 0 Å².